The molecule has 2 saturated heterocycles. The topological polar surface area (TPSA) is 103 Å². The van der Waals surface area contributed by atoms with Gasteiger partial charge in [0, 0.05) is 52.2 Å². The van der Waals surface area contributed by atoms with Gasteiger partial charge in [-0.05, 0) is 48.9 Å². The van der Waals surface area contributed by atoms with Crippen LogP contribution in [-0.2, 0) is 37.1 Å². The van der Waals surface area contributed by atoms with Gasteiger partial charge in [-0.3, -0.25) is 9.69 Å². The van der Waals surface area contributed by atoms with Crippen LogP contribution in [0.15, 0.2) is 72.1 Å². The predicted octanol–water partition coefficient (Wildman–Crippen LogP) is 4.08. The summed E-state index contributed by atoms with van der Waals surface area (Å²) in [5.41, 5.74) is 0.448. The fraction of sp³-hybridized carbons (Fsp3) is 0.529. The first kappa shape index (κ1) is 33.3. The van der Waals surface area contributed by atoms with Crippen molar-refractivity contribution in [2.45, 2.75) is 67.7 Å². The second-order valence-electron chi connectivity index (χ2n) is 12.5. The van der Waals surface area contributed by atoms with Crippen molar-refractivity contribution in [3.63, 3.8) is 0 Å². The quantitative estimate of drug-likeness (QED) is 0.290. The van der Waals surface area contributed by atoms with E-state index in [0.29, 0.717) is 50.5 Å². The zero-order valence-electron chi connectivity index (χ0n) is 26.4. The van der Waals surface area contributed by atoms with Crippen LogP contribution in [0.5, 0.6) is 0 Å². The van der Waals surface area contributed by atoms with Crippen LogP contribution < -0.4 is 0 Å². The molecule has 2 aromatic carbocycles. The Labute approximate surface area is 269 Å². The van der Waals surface area contributed by atoms with Crippen molar-refractivity contribution in [3.05, 3.63) is 78.4 Å². The third-order valence-corrected chi connectivity index (χ3v) is 10.4. The molecule has 5 rings (SSSR count). The average molecular weight is 639 g/mol. The van der Waals surface area contributed by atoms with Gasteiger partial charge in [0.25, 0.3) is 0 Å². The molecule has 2 heterocycles. The van der Waals surface area contributed by atoms with Crippen molar-refractivity contribution in [3.8, 4) is 0 Å². The van der Waals surface area contributed by atoms with Crippen LogP contribution >= 0.6 is 0 Å². The van der Waals surface area contributed by atoms with Crippen molar-refractivity contribution in [2.75, 3.05) is 46.8 Å². The molecule has 10 nitrogen and oxygen atoms in total. The monoisotopic (exact) mass is 638 g/mol. The number of hydroxylamine groups is 2. The molecule has 0 radical (unpaired) electrons. The van der Waals surface area contributed by atoms with E-state index in [2.05, 4.69) is 11.5 Å². The second-order valence-corrected chi connectivity index (χ2v) is 13.6. The highest BCUT2D eigenvalue weighted by Gasteiger charge is 2.52. The Bertz CT molecular complexity index is 1330. The number of hydrogen-bond donors (Lipinski definition) is 1. The van der Waals surface area contributed by atoms with Crippen molar-refractivity contribution >= 4 is 23.1 Å². The number of aliphatic hydroxyl groups is 1. The van der Waals surface area contributed by atoms with Gasteiger partial charge in [-0.25, -0.2) is 9.00 Å². The lowest BCUT2D eigenvalue weighted by Gasteiger charge is -2.43. The molecule has 1 aliphatic carbocycles. The third-order valence-electron chi connectivity index (χ3n) is 9.30. The Balaban J connectivity index is 1.21. The van der Waals surface area contributed by atoms with Crippen LogP contribution in [0.4, 0.5) is 4.79 Å². The summed E-state index contributed by atoms with van der Waals surface area (Å²) in [7, 11) is 3.33. The molecule has 244 valence electrons. The highest BCUT2D eigenvalue weighted by Crippen LogP contribution is 2.39. The normalized spacial score (nSPS) is 23.7. The van der Waals surface area contributed by atoms with E-state index in [0.717, 1.165) is 36.8 Å². The molecular weight excluding hydrogens is 592 g/mol. The lowest BCUT2D eigenvalue weighted by Crippen LogP contribution is -2.55. The first-order valence-corrected chi connectivity index (χ1v) is 17.0. The molecule has 2 amide bonds. The number of rotatable bonds is 11. The third kappa shape index (κ3) is 7.84. The van der Waals surface area contributed by atoms with E-state index < -0.39 is 22.8 Å². The molecule has 3 aliphatic rings. The van der Waals surface area contributed by atoms with Crippen LogP contribution in [0.3, 0.4) is 0 Å². The number of nitrogens with zero attached hydrogens (tertiary/aromatic N) is 4. The van der Waals surface area contributed by atoms with Gasteiger partial charge in [0.1, 0.15) is 12.2 Å². The Morgan fingerprint density at radius 1 is 1.04 bits per heavy atom. The summed E-state index contributed by atoms with van der Waals surface area (Å²) in [5, 5.41) is 13.6. The van der Waals surface area contributed by atoms with Gasteiger partial charge in [0.05, 0.1) is 17.5 Å². The highest BCUT2D eigenvalue weighted by molar-refractivity contribution is 7.80. The number of ether oxygens (including phenoxy) is 1. The number of carbonyl (C=O) groups is 2. The summed E-state index contributed by atoms with van der Waals surface area (Å²) in [6, 6.07) is 16.4. The first-order valence-electron chi connectivity index (χ1n) is 15.9. The lowest BCUT2D eigenvalue weighted by atomic mass is 9.86. The summed E-state index contributed by atoms with van der Waals surface area (Å²) in [5.74, 6) is 0.232. The standard InChI is InChI=1S/C34H46N4O6S/c1-4-20-38(33(40)43-24-26-14-16-30(17-15-26)45(42)44-35(2)3)29-18-21-36(22-19-29)31-23-37(32(39)27-10-8-9-11-27)25-34(31,41)28-12-6-5-7-13-28/h4-7,12-17,27,29,31,41H,1,8-11,18-25H2,2-3H3/t31-,34-,45?/m0/s1. The molecule has 11 heteroatoms. The summed E-state index contributed by atoms with van der Waals surface area (Å²) in [6.45, 7) is 6.47. The summed E-state index contributed by atoms with van der Waals surface area (Å²) < 4.78 is 23.1. The van der Waals surface area contributed by atoms with Crippen molar-refractivity contribution in [1.29, 1.82) is 0 Å². The van der Waals surface area contributed by atoms with Crippen LogP contribution in [0.25, 0.3) is 0 Å². The predicted molar refractivity (Wildman–Crippen MR) is 172 cm³/mol. The maximum absolute atomic E-state index is 13.4. The zero-order valence-corrected chi connectivity index (χ0v) is 27.2. The first-order chi connectivity index (χ1) is 21.7. The number of hydrogen-bond acceptors (Lipinski definition) is 8. The van der Waals surface area contributed by atoms with Crippen molar-refractivity contribution < 1.29 is 27.9 Å². The number of benzene rings is 2. The van der Waals surface area contributed by atoms with Gasteiger partial charge >= 0.3 is 6.09 Å². The molecule has 0 aromatic heterocycles. The van der Waals surface area contributed by atoms with Gasteiger partial charge in [-0.15, -0.1) is 6.58 Å². The largest absolute Gasteiger partial charge is 0.445 e. The zero-order chi connectivity index (χ0) is 32.0. The Morgan fingerprint density at radius 3 is 2.33 bits per heavy atom. The van der Waals surface area contributed by atoms with Crippen LogP contribution in [0, 0.1) is 5.92 Å². The molecule has 3 fully saturated rings. The van der Waals surface area contributed by atoms with E-state index in [-0.39, 0.29) is 30.5 Å². The summed E-state index contributed by atoms with van der Waals surface area (Å²) in [6.07, 6.45) is 6.78. The average Bonchev–Trinajstić information content (AvgIpc) is 3.72. The smallest absolute Gasteiger partial charge is 0.410 e. The molecular formula is C34H46N4O6S. The van der Waals surface area contributed by atoms with Crippen LogP contribution in [0.1, 0.15) is 49.7 Å². The van der Waals surface area contributed by atoms with E-state index in [4.69, 9.17) is 9.02 Å². The number of likely N-dealkylation sites (tertiary alicyclic amines) is 2. The van der Waals surface area contributed by atoms with Crippen LogP contribution in [0.2, 0.25) is 0 Å². The minimum Gasteiger partial charge on any atom is -0.445 e. The maximum atomic E-state index is 13.4. The minimum atomic E-state index is -1.61. The molecule has 1 unspecified atom stereocenters. The van der Waals surface area contributed by atoms with E-state index >= 15 is 0 Å². The molecule has 45 heavy (non-hydrogen) atoms. The van der Waals surface area contributed by atoms with Crippen molar-refractivity contribution in [2.24, 2.45) is 5.92 Å². The molecule has 3 atom stereocenters. The summed E-state index contributed by atoms with van der Waals surface area (Å²) >= 11 is -1.61. The van der Waals surface area contributed by atoms with Gasteiger partial charge < -0.3 is 19.6 Å². The Hall–Kier alpha value is -3.09. The van der Waals surface area contributed by atoms with Gasteiger partial charge in [-0.2, -0.15) is 9.35 Å². The van der Waals surface area contributed by atoms with Crippen LogP contribution in [-0.4, -0.2) is 100.0 Å². The van der Waals surface area contributed by atoms with E-state index in [9.17, 15) is 18.9 Å². The molecule has 2 aliphatic heterocycles. The second kappa shape index (κ2) is 15.0. The molecule has 1 saturated carbocycles. The minimum absolute atomic E-state index is 0.0397. The fourth-order valence-electron chi connectivity index (χ4n) is 6.97. The van der Waals surface area contributed by atoms with E-state index in [1.54, 1.807) is 49.3 Å². The molecule has 0 bridgehead atoms. The van der Waals surface area contributed by atoms with Gasteiger partial charge in [-0.1, -0.05) is 61.4 Å². The molecule has 0 spiro atoms. The van der Waals surface area contributed by atoms with Gasteiger partial charge in [0.2, 0.25) is 17.0 Å². The Kier molecular flexibility index (Phi) is 11.1. The Morgan fingerprint density at radius 2 is 1.71 bits per heavy atom. The van der Waals surface area contributed by atoms with Crippen molar-refractivity contribution in [1.82, 2.24) is 19.8 Å². The van der Waals surface area contributed by atoms with E-state index in [1.165, 1.54) is 5.06 Å². The number of piperidine rings is 1. The maximum Gasteiger partial charge on any atom is 0.410 e. The fourth-order valence-corrected chi connectivity index (χ4v) is 7.69. The summed E-state index contributed by atoms with van der Waals surface area (Å²) in [4.78, 5) is 33.1. The highest BCUT2D eigenvalue weighted by atomic mass is 32.2. The number of β-amino-alcohol motifs (C(OH)–C–C–N with tert-alkyl or cyclic N) is 1. The number of carbonyl (C=O) groups excluding carboxylic acids is 2. The van der Waals surface area contributed by atoms with Gasteiger partial charge in [0.15, 0.2) is 0 Å². The molecule has 1 N–H and O–H groups in total. The van der Waals surface area contributed by atoms with E-state index in [1.807, 2.05) is 35.2 Å². The lowest BCUT2D eigenvalue weighted by molar-refractivity contribution is -0.135. The molecule has 2 aromatic rings. The number of amides is 2. The SMILES string of the molecule is C=CCN(C(=O)OCc1ccc(S(=O)ON(C)C)cc1)C1CCN([C@H]2CN(C(=O)C3CCCC3)C[C@]2(O)c2ccccc2)CC1.